The number of rotatable bonds is 3. The molecule has 0 radical (unpaired) electrons. The largest absolute Gasteiger partial charge is 0.508 e. The minimum Gasteiger partial charge on any atom is -0.508 e. The zero-order valence-electron chi connectivity index (χ0n) is 13.1. The van der Waals surface area contributed by atoms with E-state index in [0.29, 0.717) is 16.9 Å². The number of aromatic hydroxyl groups is 1. The van der Waals surface area contributed by atoms with E-state index in [9.17, 15) is 9.90 Å². The van der Waals surface area contributed by atoms with Gasteiger partial charge >= 0.3 is 0 Å². The Morgan fingerprint density at radius 1 is 1.00 bits per heavy atom. The lowest BCUT2D eigenvalue weighted by atomic mass is 10.1. The Hall–Kier alpha value is -3.67. The number of amides is 1. The van der Waals surface area contributed by atoms with Gasteiger partial charge in [0.15, 0.2) is 5.65 Å². The van der Waals surface area contributed by atoms with Crippen molar-refractivity contribution in [3.63, 3.8) is 0 Å². The van der Waals surface area contributed by atoms with Gasteiger partial charge in [-0.2, -0.15) is 5.10 Å². The second kappa shape index (κ2) is 5.76. The zero-order valence-corrected chi connectivity index (χ0v) is 13.1. The highest BCUT2D eigenvalue weighted by Gasteiger charge is 2.10. The van der Waals surface area contributed by atoms with Crippen LogP contribution in [-0.2, 0) is 0 Å². The summed E-state index contributed by atoms with van der Waals surface area (Å²) >= 11 is 0. The first-order valence-electron chi connectivity index (χ1n) is 7.66. The number of aromatic nitrogens is 3. The van der Waals surface area contributed by atoms with E-state index in [2.05, 4.69) is 10.1 Å². The van der Waals surface area contributed by atoms with Gasteiger partial charge in [0.05, 0.1) is 17.6 Å². The number of phenolic OH excluding ortho intramolecular Hbond substituents is 1. The molecule has 4 aromatic rings. The number of hydrogen-bond acceptors (Lipinski definition) is 4. The number of primary amides is 1. The Bertz CT molecular complexity index is 1100. The van der Waals surface area contributed by atoms with Crippen LogP contribution in [0, 0.1) is 0 Å². The molecule has 0 aliphatic heterocycles. The molecule has 6 heteroatoms. The molecule has 0 aliphatic carbocycles. The van der Waals surface area contributed by atoms with E-state index >= 15 is 0 Å². The molecule has 0 spiro atoms. The maximum atomic E-state index is 11.4. The maximum Gasteiger partial charge on any atom is 0.248 e. The molecule has 4 rings (SSSR count). The van der Waals surface area contributed by atoms with E-state index in [-0.39, 0.29) is 5.75 Å². The molecule has 122 valence electrons. The summed E-state index contributed by atoms with van der Waals surface area (Å²) in [4.78, 5) is 15.7. The SMILES string of the molecule is NC(=O)c1cccc(-c2ccc3ncc(-c4cccc(O)c4)n3n2)c1. The molecule has 1 amide bonds. The van der Waals surface area contributed by atoms with E-state index < -0.39 is 5.91 Å². The average Bonchev–Trinajstić information content (AvgIpc) is 3.05. The summed E-state index contributed by atoms with van der Waals surface area (Å²) < 4.78 is 1.71. The highest BCUT2D eigenvalue weighted by molar-refractivity contribution is 5.94. The second-order valence-electron chi connectivity index (χ2n) is 5.63. The molecule has 25 heavy (non-hydrogen) atoms. The summed E-state index contributed by atoms with van der Waals surface area (Å²) in [6.45, 7) is 0. The van der Waals surface area contributed by atoms with E-state index in [1.807, 2.05) is 24.3 Å². The molecule has 0 fully saturated rings. The molecule has 0 bridgehead atoms. The fraction of sp³-hybridized carbons (Fsp3) is 0. The van der Waals surface area contributed by atoms with Crippen LogP contribution in [-0.4, -0.2) is 25.6 Å². The van der Waals surface area contributed by atoms with Crippen molar-refractivity contribution in [3.05, 3.63) is 72.4 Å². The van der Waals surface area contributed by atoms with E-state index in [4.69, 9.17) is 5.73 Å². The van der Waals surface area contributed by atoms with E-state index in [0.717, 1.165) is 16.8 Å². The third kappa shape index (κ3) is 2.70. The molecule has 0 unspecified atom stereocenters. The summed E-state index contributed by atoms with van der Waals surface area (Å²) in [5, 5.41) is 14.3. The van der Waals surface area contributed by atoms with Gasteiger partial charge < -0.3 is 10.8 Å². The molecular formula is C19H14N4O2. The fourth-order valence-corrected chi connectivity index (χ4v) is 2.72. The number of carbonyl (C=O) groups is 1. The summed E-state index contributed by atoms with van der Waals surface area (Å²) in [7, 11) is 0. The zero-order chi connectivity index (χ0) is 17.4. The smallest absolute Gasteiger partial charge is 0.248 e. The molecule has 2 aromatic carbocycles. The van der Waals surface area contributed by atoms with Gasteiger partial charge in [0.25, 0.3) is 0 Å². The van der Waals surface area contributed by atoms with Crippen LogP contribution in [0.25, 0.3) is 28.2 Å². The van der Waals surface area contributed by atoms with Gasteiger partial charge in [0.1, 0.15) is 5.75 Å². The van der Waals surface area contributed by atoms with Gasteiger partial charge in [-0.3, -0.25) is 4.79 Å². The molecule has 0 saturated heterocycles. The Morgan fingerprint density at radius 2 is 1.80 bits per heavy atom. The fourth-order valence-electron chi connectivity index (χ4n) is 2.72. The molecule has 2 aromatic heterocycles. The average molecular weight is 330 g/mol. The first-order chi connectivity index (χ1) is 12.1. The molecule has 2 heterocycles. The lowest BCUT2D eigenvalue weighted by Gasteiger charge is -2.06. The number of imidazole rings is 1. The van der Waals surface area contributed by atoms with Gasteiger partial charge in [-0.15, -0.1) is 0 Å². The summed E-state index contributed by atoms with van der Waals surface area (Å²) in [6.07, 6.45) is 1.71. The quantitative estimate of drug-likeness (QED) is 0.604. The predicted octanol–water partition coefficient (Wildman–Crippen LogP) is 2.87. The minimum absolute atomic E-state index is 0.178. The van der Waals surface area contributed by atoms with Gasteiger partial charge in [0.2, 0.25) is 5.91 Å². The van der Waals surface area contributed by atoms with Crippen molar-refractivity contribution < 1.29 is 9.90 Å². The van der Waals surface area contributed by atoms with E-state index in [1.165, 1.54) is 0 Å². The first kappa shape index (κ1) is 14.9. The monoisotopic (exact) mass is 330 g/mol. The molecule has 3 N–H and O–H groups in total. The van der Waals surface area contributed by atoms with Crippen molar-refractivity contribution in [2.24, 2.45) is 5.73 Å². The van der Waals surface area contributed by atoms with Crippen LogP contribution < -0.4 is 5.73 Å². The predicted molar refractivity (Wildman–Crippen MR) is 94.0 cm³/mol. The standard InChI is InChI=1S/C19H14N4O2/c20-19(25)14-5-1-3-12(9-14)16-7-8-18-21-11-17(23(18)22-16)13-4-2-6-15(24)10-13/h1-11,24H,(H2,20,25). The molecule has 0 atom stereocenters. The van der Waals surface area contributed by atoms with Crippen molar-refractivity contribution >= 4 is 11.6 Å². The molecule has 6 nitrogen and oxygen atoms in total. The van der Waals surface area contributed by atoms with Crippen molar-refractivity contribution in [3.8, 4) is 28.3 Å². The number of nitrogens with two attached hydrogens (primary N) is 1. The Balaban J connectivity index is 1.86. The number of phenols is 1. The van der Waals surface area contributed by atoms with Crippen LogP contribution in [0.3, 0.4) is 0 Å². The van der Waals surface area contributed by atoms with Gasteiger partial charge in [0, 0.05) is 16.7 Å². The van der Waals surface area contributed by atoms with Crippen molar-refractivity contribution in [2.75, 3.05) is 0 Å². The summed E-state index contributed by atoms with van der Waals surface area (Å²) in [6, 6.07) is 17.6. The van der Waals surface area contributed by atoms with Crippen LogP contribution >= 0.6 is 0 Å². The Labute approximate surface area is 143 Å². The second-order valence-corrected chi connectivity index (χ2v) is 5.63. The summed E-state index contributed by atoms with van der Waals surface area (Å²) in [5.74, 6) is -0.302. The van der Waals surface area contributed by atoms with Crippen LogP contribution in [0.15, 0.2) is 66.9 Å². The maximum absolute atomic E-state index is 11.4. The lowest BCUT2D eigenvalue weighted by Crippen LogP contribution is -2.10. The van der Waals surface area contributed by atoms with Crippen LogP contribution in [0.2, 0.25) is 0 Å². The molecule has 0 saturated carbocycles. The Kier molecular flexibility index (Phi) is 3.43. The number of hydrogen-bond donors (Lipinski definition) is 2. The van der Waals surface area contributed by atoms with Crippen LogP contribution in [0.5, 0.6) is 5.75 Å². The van der Waals surface area contributed by atoms with Gasteiger partial charge in [-0.1, -0.05) is 24.3 Å². The van der Waals surface area contributed by atoms with E-state index in [1.54, 1.807) is 47.1 Å². The van der Waals surface area contributed by atoms with Crippen molar-refractivity contribution in [2.45, 2.75) is 0 Å². The van der Waals surface area contributed by atoms with Gasteiger partial charge in [-0.25, -0.2) is 9.50 Å². The van der Waals surface area contributed by atoms with Crippen LogP contribution in [0.4, 0.5) is 0 Å². The normalized spacial score (nSPS) is 10.9. The number of nitrogens with zero attached hydrogens (tertiary/aromatic N) is 3. The third-order valence-electron chi connectivity index (χ3n) is 3.95. The Morgan fingerprint density at radius 3 is 2.60 bits per heavy atom. The van der Waals surface area contributed by atoms with Crippen molar-refractivity contribution in [1.82, 2.24) is 14.6 Å². The number of fused-ring (bicyclic) bond motifs is 1. The lowest BCUT2D eigenvalue weighted by molar-refractivity contribution is 0.100. The number of carbonyl (C=O) groups excluding carboxylic acids is 1. The highest BCUT2D eigenvalue weighted by atomic mass is 16.3. The molecule has 0 aliphatic rings. The first-order valence-corrected chi connectivity index (χ1v) is 7.66. The van der Waals surface area contributed by atoms with Gasteiger partial charge in [-0.05, 0) is 36.4 Å². The number of benzene rings is 2. The third-order valence-corrected chi connectivity index (χ3v) is 3.95. The highest BCUT2D eigenvalue weighted by Crippen LogP contribution is 2.25. The van der Waals surface area contributed by atoms with Crippen LogP contribution in [0.1, 0.15) is 10.4 Å². The van der Waals surface area contributed by atoms with Crippen molar-refractivity contribution in [1.29, 1.82) is 0 Å². The molecular weight excluding hydrogens is 316 g/mol. The topological polar surface area (TPSA) is 93.5 Å². The summed E-state index contributed by atoms with van der Waals surface area (Å²) in [5.41, 5.74) is 9.51. The minimum atomic E-state index is -0.481.